The lowest BCUT2D eigenvalue weighted by Gasteiger charge is -2.22. The molecule has 4 bridgehead atoms. The minimum absolute atomic E-state index is 0.108. The number of oxazole rings is 1. The fraction of sp³-hybridized carbons (Fsp3) is 0.267. The molecule has 0 fully saturated rings. The van der Waals surface area contributed by atoms with Crippen molar-refractivity contribution in [2.24, 2.45) is 0 Å². The Balaban J connectivity index is 2.22. The molecule has 2 nitrogen and oxygen atoms in total. The van der Waals surface area contributed by atoms with Gasteiger partial charge in [0.1, 0.15) is 5.52 Å². The van der Waals surface area contributed by atoms with Crippen LogP contribution in [0.1, 0.15) is 26.3 Å². The van der Waals surface area contributed by atoms with Crippen LogP contribution in [0.5, 0.6) is 0 Å². The zero-order valence-electron chi connectivity index (χ0n) is 10.6. The number of rotatable bonds is 0. The zero-order chi connectivity index (χ0) is 12.5. The lowest BCUT2D eigenvalue weighted by Crippen LogP contribution is -2.12. The largest absolute Gasteiger partial charge is 0.435 e. The van der Waals surface area contributed by atoms with E-state index in [1.54, 1.807) is 11.3 Å². The molecule has 3 heterocycles. The Kier molecular flexibility index (Phi) is 1.74. The van der Waals surface area contributed by atoms with Gasteiger partial charge in [0.15, 0.2) is 5.58 Å². The van der Waals surface area contributed by atoms with E-state index in [0.717, 1.165) is 21.9 Å². The normalized spacial score (nSPS) is 13.3. The van der Waals surface area contributed by atoms with Gasteiger partial charge in [-0.05, 0) is 29.2 Å². The molecule has 18 heavy (non-hydrogen) atoms. The number of aromatic nitrogens is 1. The van der Waals surface area contributed by atoms with Crippen molar-refractivity contribution >= 4 is 22.4 Å². The van der Waals surface area contributed by atoms with Crippen molar-refractivity contribution in [2.75, 3.05) is 0 Å². The Morgan fingerprint density at radius 2 is 1.83 bits per heavy atom. The second-order valence-corrected chi connectivity index (χ2v) is 6.85. The van der Waals surface area contributed by atoms with Gasteiger partial charge in [0.25, 0.3) is 0 Å². The maximum Gasteiger partial charge on any atom is 0.237 e. The summed E-state index contributed by atoms with van der Waals surface area (Å²) in [5.74, 6) is 0.756. The minimum Gasteiger partial charge on any atom is -0.435 e. The number of hydrogen-bond acceptors (Lipinski definition) is 3. The predicted octanol–water partition coefficient (Wildman–Crippen LogP) is 4.83. The van der Waals surface area contributed by atoms with Gasteiger partial charge in [0, 0.05) is 10.4 Å². The molecule has 1 aliphatic heterocycles. The van der Waals surface area contributed by atoms with Crippen molar-refractivity contribution in [1.82, 2.24) is 4.98 Å². The maximum absolute atomic E-state index is 5.81. The van der Waals surface area contributed by atoms with Crippen LogP contribution >= 0.6 is 11.3 Å². The van der Waals surface area contributed by atoms with E-state index in [0.29, 0.717) is 0 Å². The molecule has 0 aliphatic carbocycles. The van der Waals surface area contributed by atoms with E-state index in [4.69, 9.17) is 4.42 Å². The third kappa shape index (κ3) is 1.20. The van der Waals surface area contributed by atoms with Gasteiger partial charge in [-0.3, -0.25) is 0 Å². The molecule has 0 amide bonds. The summed E-state index contributed by atoms with van der Waals surface area (Å²) in [5, 5.41) is 0. The third-order valence-corrected chi connectivity index (χ3v) is 4.52. The lowest BCUT2D eigenvalue weighted by molar-refractivity contribution is 0.591. The Bertz CT molecular complexity index is 773. The summed E-state index contributed by atoms with van der Waals surface area (Å²) in [4.78, 5) is 7.07. The van der Waals surface area contributed by atoms with Gasteiger partial charge in [0.2, 0.25) is 5.89 Å². The highest BCUT2D eigenvalue weighted by molar-refractivity contribution is 7.19. The van der Waals surface area contributed by atoms with E-state index in [1.807, 2.05) is 6.07 Å². The summed E-state index contributed by atoms with van der Waals surface area (Å²) in [6, 6.07) is 8.51. The number of hydrogen-bond donors (Lipinski definition) is 0. The number of thiophene rings is 1. The molecule has 3 heteroatoms. The molecule has 4 rings (SSSR count). The number of nitrogens with zero attached hydrogens (tertiary/aromatic N) is 1. The molecule has 0 unspecified atom stereocenters. The summed E-state index contributed by atoms with van der Waals surface area (Å²) in [7, 11) is 0. The second kappa shape index (κ2) is 3.04. The van der Waals surface area contributed by atoms with Crippen LogP contribution in [0.25, 0.3) is 32.3 Å². The Labute approximate surface area is 109 Å². The monoisotopic (exact) mass is 255 g/mol. The van der Waals surface area contributed by atoms with Crippen molar-refractivity contribution in [2.45, 2.75) is 26.2 Å². The third-order valence-electron chi connectivity index (χ3n) is 3.43. The summed E-state index contributed by atoms with van der Waals surface area (Å²) >= 11 is 1.77. The van der Waals surface area contributed by atoms with Crippen LogP contribution in [0, 0.1) is 0 Å². The molecular formula is C15H13NOS. The highest BCUT2D eigenvalue weighted by atomic mass is 32.1. The maximum atomic E-state index is 5.81. The average Bonchev–Trinajstić information content (AvgIpc) is 2.87. The van der Waals surface area contributed by atoms with Crippen molar-refractivity contribution in [1.29, 1.82) is 0 Å². The first-order chi connectivity index (χ1) is 8.54. The lowest BCUT2D eigenvalue weighted by atomic mass is 9.83. The molecule has 0 atom stereocenters. The second-order valence-electron chi connectivity index (χ2n) is 5.77. The first kappa shape index (κ1) is 10.3. The van der Waals surface area contributed by atoms with E-state index < -0.39 is 0 Å². The van der Waals surface area contributed by atoms with Gasteiger partial charge in [-0.25, -0.2) is 4.98 Å². The van der Waals surface area contributed by atoms with Gasteiger partial charge in [-0.15, -0.1) is 11.3 Å². The van der Waals surface area contributed by atoms with Crippen LogP contribution in [-0.4, -0.2) is 4.98 Å². The zero-order valence-corrected chi connectivity index (χ0v) is 11.4. The predicted molar refractivity (Wildman–Crippen MR) is 75.0 cm³/mol. The summed E-state index contributed by atoms with van der Waals surface area (Å²) in [6.07, 6.45) is 0. The van der Waals surface area contributed by atoms with Crippen LogP contribution in [0.3, 0.4) is 0 Å². The molecule has 3 aromatic rings. The van der Waals surface area contributed by atoms with Gasteiger partial charge < -0.3 is 4.42 Å². The summed E-state index contributed by atoms with van der Waals surface area (Å²) in [6.45, 7) is 6.72. The molecule has 1 aliphatic rings. The summed E-state index contributed by atoms with van der Waals surface area (Å²) < 4.78 is 5.81. The molecule has 90 valence electrons. The van der Waals surface area contributed by atoms with Crippen molar-refractivity contribution in [3.63, 3.8) is 0 Å². The average molecular weight is 255 g/mol. The Morgan fingerprint density at radius 1 is 1.06 bits per heavy atom. The van der Waals surface area contributed by atoms with Gasteiger partial charge in [-0.2, -0.15) is 0 Å². The topological polar surface area (TPSA) is 26.0 Å². The van der Waals surface area contributed by atoms with Crippen molar-refractivity contribution in [3.8, 4) is 21.2 Å². The Hall–Kier alpha value is -1.61. The number of benzene rings is 1. The van der Waals surface area contributed by atoms with Gasteiger partial charge >= 0.3 is 0 Å². The van der Waals surface area contributed by atoms with E-state index >= 15 is 0 Å². The molecular weight excluding hydrogens is 242 g/mol. The van der Waals surface area contributed by atoms with Crippen LogP contribution in [0.2, 0.25) is 0 Å². The first-order valence-corrected chi connectivity index (χ1v) is 6.90. The fourth-order valence-electron chi connectivity index (χ4n) is 2.56. The van der Waals surface area contributed by atoms with E-state index in [2.05, 4.69) is 44.0 Å². The fourth-order valence-corrected chi connectivity index (χ4v) is 3.55. The van der Waals surface area contributed by atoms with Crippen LogP contribution in [-0.2, 0) is 5.41 Å². The highest BCUT2D eigenvalue weighted by Gasteiger charge is 2.27. The molecule has 0 saturated heterocycles. The number of fused-ring (bicyclic) bond motifs is 5. The van der Waals surface area contributed by atoms with E-state index in [9.17, 15) is 0 Å². The van der Waals surface area contributed by atoms with Crippen LogP contribution in [0.4, 0.5) is 0 Å². The van der Waals surface area contributed by atoms with Crippen LogP contribution < -0.4 is 0 Å². The van der Waals surface area contributed by atoms with Crippen molar-refractivity contribution < 1.29 is 4.42 Å². The van der Waals surface area contributed by atoms with Gasteiger partial charge in [-0.1, -0.05) is 26.8 Å². The van der Waals surface area contributed by atoms with Crippen molar-refractivity contribution in [3.05, 3.63) is 29.8 Å². The molecule has 0 saturated carbocycles. The SMILES string of the molecule is CC(C)(C)c1ccc2oc3nc2c1-c1ccc-3s1. The molecule has 0 spiro atoms. The molecule has 1 aromatic carbocycles. The van der Waals surface area contributed by atoms with E-state index in [1.165, 1.54) is 16.0 Å². The summed E-state index contributed by atoms with van der Waals surface area (Å²) in [5.41, 5.74) is 4.61. The minimum atomic E-state index is 0.108. The quantitative estimate of drug-likeness (QED) is 0.449. The molecule has 0 N–H and O–H groups in total. The van der Waals surface area contributed by atoms with E-state index in [-0.39, 0.29) is 5.41 Å². The smallest absolute Gasteiger partial charge is 0.237 e. The highest BCUT2D eigenvalue weighted by Crippen LogP contribution is 2.46. The molecule has 2 aromatic heterocycles. The Morgan fingerprint density at radius 3 is 2.61 bits per heavy atom. The van der Waals surface area contributed by atoms with Gasteiger partial charge in [0.05, 0.1) is 4.88 Å². The van der Waals surface area contributed by atoms with Crippen LogP contribution in [0.15, 0.2) is 28.7 Å². The first-order valence-electron chi connectivity index (χ1n) is 6.09. The standard InChI is InChI=1S/C15H13NOS/c1-15(2,3)8-4-5-9-13-12(8)10-6-7-11(18-10)14(16-13)17-9/h4-7H,1-3H3. The molecule has 0 radical (unpaired) electrons.